The third-order valence-corrected chi connectivity index (χ3v) is 8.29. The number of rotatable bonds is 6. The van der Waals surface area contributed by atoms with Crippen LogP contribution in [0.4, 0.5) is 0 Å². The zero-order valence-corrected chi connectivity index (χ0v) is 16.4. The van der Waals surface area contributed by atoms with E-state index in [0.717, 1.165) is 18.0 Å². The molecule has 4 nitrogen and oxygen atoms in total. The van der Waals surface area contributed by atoms with E-state index in [2.05, 4.69) is 21.1 Å². The lowest BCUT2D eigenvalue weighted by Crippen LogP contribution is -2.38. The van der Waals surface area contributed by atoms with E-state index in [0.29, 0.717) is 10.8 Å². The zero-order chi connectivity index (χ0) is 17.0. The first-order chi connectivity index (χ1) is 11.6. The van der Waals surface area contributed by atoms with Gasteiger partial charge in [-0.15, -0.1) is 22.7 Å². The summed E-state index contributed by atoms with van der Waals surface area (Å²) in [4.78, 5) is 4.70. The lowest BCUT2D eigenvalue weighted by atomic mass is 10.2. The molecule has 24 heavy (non-hydrogen) atoms. The molecule has 2 aromatic heterocycles. The van der Waals surface area contributed by atoms with Crippen molar-refractivity contribution in [3.05, 3.63) is 39.4 Å². The van der Waals surface area contributed by atoms with Gasteiger partial charge in [0.25, 0.3) is 0 Å². The predicted octanol–water partition coefficient (Wildman–Crippen LogP) is 4.01. The van der Waals surface area contributed by atoms with Crippen molar-refractivity contribution in [3.8, 4) is 0 Å². The van der Waals surface area contributed by atoms with E-state index in [4.69, 9.17) is 0 Å². The molecular weight excluding hydrogens is 360 g/mol. The minimum absolute atomic E-state index is 0.124. The Morgan fingerprint density at radius 1 is 1.17 bits per heavy atom. The van der Waals surface area contributed by atoms with E-state index < -0.39 is 10.0 Å². The Bertz CT molecular complexity index is 730. The fourth-order valence-electron chi connectivity index (χ4n) is 3.11. The minimum Gasteiger partial charge on any atom is -0.294 e. The number of aryl methyl sites for hydroxylation is 1. The van der Waals surface area contributed by atoms with Crippen molar-refractivity contribution in [2.45, 2.75) is 42.9 Å². The highest BCUT2D eigenvalue weighted by molar-refractivity contribution is 7.91. The Kier molecular flexibility index (Phi) is 6.10. The van der Waals surface area contributed by atoms with Crippen LogP contribution in [0, 0.1) is 6.92 Å². The highest BCUT2D eigenvalue weighted by atomic mass is 32.2. The van der Waals surface area contributed by atoms with Crippen molar-refractivity contribution in [1.82, 2.24) is 9.62 Å². The smallest absolute Gasteiger partial charge is 0.250 e. The Morgan fingerprint density at radius 3 is 2.50 bits per heavy atom. The summed E-state index contributed by atoms with van der Waals surface area (Å²) in [5, 5.41) is 2.07. The van der Waals surface area contributed by atoms with Crippen molar-refractivity contribution < 1.29 is 8.42 Å². The highest BCUT2D eigenvalue weighted by Gasteiger charge is 2.25. The van der Waals surface area contributed by atoms with Gasteiger partial charge in [-0.05, 0) is 56.4 Å². The maximum absolute atomic E-state index is 12.6. The number of likely N-dealkylation sites (tertiary alicyclic amines) is 1. The molecule has 0 spiro atoms. The van der Waals surface area contributed by atoms with Gasteiger partial charge in [0.15, 0.2) is 0 Å². The zero-order valence-electron chi connectivity index (χ0n) is 13.9. The topological polar surface area (TPSA) is 49.4 Å². The van der Waals surface area contributed by atoms with E-state index >= 15 is 0 Å². The van der Waals surface area contributed by atoms with E-state index in [1.54, 1.807) is 17.4 Å². The molecule has 1 N–H and O–H groups in total. The van der Waals surface area contributed by atoms with Crippen molar-refractivity contribution in [2.24, 2.45) is 0 Å². The Hall–Kier alpha value is -0.730. The molecule has 0 bridgehead atoms. The first-order valence-electron chi connectivity index (χ1n) is 8.40. The van der Waals surface area contributed by atoms with Crippen molar-refractivity contribution in [1.29, 1.82) is 0 Å². The normalized spacial score (nSPS) is 18.4. The number of thiophene rings is 2. The van der Waals surface area contributed by atoms with Crippen molar-refractivity contribution in [2.75, 3.05) is 19.6 Å². The van der Waals surface area contributed by atoms with Gasteiger partial charge in [0.2, 0.25) is 10.0 Å². The van der Waals surface area contributed by atoms with Gasteiger partial charge in [-0.25, -0.2) is 13.1 Å². The predicted molar refractivity (Wildman–Crippen MR) is 101 cm³/mol. The fraction of sp³-hybridized carbons (Fsp3) is 0.529. The van der Waals surface area contributed by atoms with Crippen molar-refractivity contribution >= 4 is 32.7 Å². The van der Waals surface area contributed by atoms with Gasteiger partial charge in [0, 0.05) is 16.3 Å². The third kappa shape index (κ3) is 4.46. The maximum atomic E-state index is 12.6. The molecule has 1 atom stereocenters. The molecule has 1 unspecified atom stereocenters. The van der Waals surface area contributed by atoms with E-state index in [-0.39, 0.29) is 6.04 Å². The number of nitrogens with one attached hydrogen (secondary N) is 1. The second-order valence-electron chi connectivity index (χ2n) is 6.20. The summed E-state index contributed by atoms with van der Waals surface area (Å²) < 4.78 is 28.4. The standard InChI is InChI=1S/C17H24N2O2S3/c1-14-8-9-17(23-14)24(20,21)18-13-15(16-7-6-12-22-16)19-10-4-2-3-5-11-19/h6-9,12,15,18H,2-5,10-11,13H2,1H3. The SMILES string of the molecule is Cc1ccc(S(=O)(=O)NCC(c2cccs2)N2CCCCCC2)s1. The van der Waals surface area contributed by atoms with Gasteiger partial charge in [-0.3, -0.25) is 4.90 Å². The van der Waals surface area contributed by atoms with Crippen LogP contribution < -0.4 is 4.72 Å². The van der Waals surface area contributed by atoms with E-state index in [9.17, 15) is 8.42 Å². The first-order valence-corrected chi connectivity index (χ1v) is 11.6. The second kappa shape index (κ2) is 8.10. The Morgan fingerprint density at radius 2 is 1.92 bits per heavy atom. The molecule has 2 aromatic rings. The summed E-state index contributed by atoms with van der Waals surface area (Å²) in [7, 11) is -3.43. The Balaban J connectivity index is 1.74. The van der Waals surface area contributed by atoms with Crippen LogP contribution in [0.15, 0.2) is 33.9 Å². The van der Waals surface area contributed by atoms with Crippen LogP contribution in [-0.4, -0.2) is 33.0 Å². The number of nitrogens with zero attached hydrogens (tertiary/aromatic N) is 1. The molecule has 0 saturated carbocycles. The highest BCUT2D eigenvalue weighted by Crippen LogP contribution is 2.28. The number of sulfonamides is 1. The molecule has 132 valence electrons. The molecule has 0 radical (unpaired) electrons. The summed E-state index contributed by atoms with van der Waals surface area (Å²) in [6.45, 7) is 4.44. The largest absolute Gasteiger partial charge is 0.294 e. The van der Waals surface area contributed by atoms with Gasteiger partial charge in [0.05, 0.1) is 6.04 Å². The van der Waals surface area contributed by atoms with Gasteiger partial charge in [-0.1, -0.05) is 18.9 Å². The summed E-state index contributed by atoms with van der Waals surface area (Å²) in [5.41, 5.74) is 0. The molecule has 0 aliphatic carbocycles. The first kappa shape index (κ1) is 18.1. The lowest BCUT2D eigenvalue weighted by molar-refractivity contribution is 0.209. The van der Waals surface area contributed by atoms with Crippen LogP contribution in [-0.2, 0) is 10.0 Å². The molecule has 3 rings (SSSR count). The van der Waals surface area contributed by atoms with Gasteiger partial charge in [0.1, 0.15) is 4.21 Å². The molecule has 1 fully saturated rings. The monoisotopic (exact) mass is 384 g/mol. The summed E-state index contributed by atoms with van der Waals surface area (Å²) in [5.74, 6) is 0. The number of hydrogen-bond acceptors (Lipinski definition) is 5. The maximum Gasteiger partial charge on any atom is 0.250 e. The Labute approximate surface area is 152 Å². The van der Waals surface area contributed by atoms with Gasteiger partial charge < -0.3 is 0 Å². The fourth-order valence-corrected chi connectivity index (χ4v) is 6.34. The van der Waals surface area contributed by atoms with Crippen LogP contribution in [0.3, 0.4) is 0 Å². The molecule has 3 heterocycles. The average molecular weight is 385 g/mol. The second-order valence-corrected chi connectivity index (χ2v) is 10.5. The molecule has 0 amide bonds. The lowest BCUT2D eigenvalue weighted by Gasteiger charge is -2.30. The van der Waals surface area contributed by atoms with Crippen LogP contribution in [0.2, 0.25) is 0 Å². The van der Waals surface area contributed by atoms with Crippen LogP contribution in [0.1, 0.15) is 41.5 Å². The van der Waals surface area contributed by atoms with E-state index in [1.165, 1.54) is 41.9 Å². The minimum atomic E-state index is -3.43. The van der Waals surface area contributed by atoms with Gasteiger partial charge >= 0.3 is 0 Å². The molecular formula is C17H24N2O2S3. The molecule has 7 heteroatoms. The van der Waals surface area contributed by atoms with Crippen LogP contribution in [0.25, 0.3) is 0 Å². The molecule has 1 aliphatic heterocycles. The quantitative estimate of drug-likeness (QED) is 0.818. The molecule has 1 aliphatic rings. The summed E-state index contributed by atoms with van der Waals surface area (Å²) in [6.07, 6.45) is 4.93. The number of hydrogen-bond donors (Lipinski definition) is 1. The summed E-state index contributed by atoms with van der Waals surface area (Å²) >= 11 is 3.03. The van der Waals surface area contributed by atoms with Crippen LogP contribution in [0.5, 0.6) is 0 Å². The van der Waals surface area contributed by atoms with Crippen LogP contribution >= 0.6 is 22.7 Å². The van der Waals surface area contributed by atoms with Crippen molar-refractivity contribution in [3.63, 3.8) is 0 Å². The average Bonchev–Trinajstić information content (AvgIpc) is 3.15. The third-order valence-electron chi connectivity index (χ3n) is 4.40. The molecule has 1 saturated heterocycles. The van der Waals surface area contributed by atoms with Gasteiger partial charge in [-0.2, -0.15) is 0 Å². The van der Waals surface area contributed by atoms with E-state index in [1.807, 2.05) is 19.1 Å². The summed E-state index contributed by atoms with van der Waals surface area (Å²) in [6, 6.07) is 7.82. The molecule has 0 aromatic carbocycles.